The van der Waals surface area contributed by atoms with E-state index in [2.05, 4.69) is 0 Å². The summed E-state index contributed by atoms with van der Waals surface area (Å²) in [6.07, 6.45) is 4.97. The topological polar surface area (TPSA) is 80.9 Å². The standard InChI is InChI=1S/C6H12O.C3H8O3/c7-6-4-2-1-3-5-6;4-1-3(6)2-5/h6-7H,1-5H2;3-6H,1-2H2. The maximum Gasteiger partial charge on any atom is 0.100 e. The van der Waals surface area contributed by atoms with Gasteiger partial charge < -0.3 is 20.4 Å². The van der Waals surface area contributed by atoms with E-state index >= 15 is 0 Å². The summed E-state index contributed by atoms with van der Waals surface area (Å²) in [5.74, 6) is 0. The van der Waals surface area contributed by atoms with E-state index in [4.69, 9.17) is 20.4 Å². The van der Waals surface area contributed by atoms with Crippen LogP contribution in [0.2, 0.25) is 0 Å². The molecule has 0 atom stereocenters. The lowest BCUT2D eigenvalue weighted by atomic mass is 9.98. The van der Waals surface area contributed by atoms with Crippen LogP contribution in [-0.2, 0) is 0 Å². The fourth-order valence-corrected chi connectivity index (χ4v) is 1.14. The van der Waals surface area contributed by atoms with Crippen molar-refractivity contribution >= 4 is 0 Å². The fraction of sp³-hybridized carbons (Fsp3) is 1.00. The molecule has 4 N–H and O–H groups in total. The minimum absolute atomic E-state index is 0.0359. The molecular weight excluding hydrogens is 172 g/mol. The van der Waals surface area contributed by atoms with Crippen molar-refractivity contribution in [2.24, 2.45) is 0 Å². The summed E-state index contributed by atoms with van der Waals surface area (Å²) in [6, 6.07) is 0. The third kappa shape index (κ3) is 8.18. The molecule has 0 saturated heterocycles. The second-order valence-electron chi connectivity index (χ2n) is 3.31. The van der Waals surface area contributed by atoms with Gasteiger partial charge in [-0.15, -0.1) is 0 Å². The van der Waals surface area contributed by atoms with E-state index in [1.54, 1.807) is 0 Å². The summed E-state index contributed by atoms with van der Waals surface area (Å²) in [6.45, 7) is -0.729. The molecule has 1 saturated carbocycles. The first-order valence-electron chi connectivity index (χ1n) is 4.78. The Kier molecular flexibility index (Phi) is 8.33. The van der Waals surface area contributed by atoms with E-state index in [1.165, 1.54) is 19.3 Å². The fourth-order valence-electron chi connectivity index (χ4n) is 1.14. The minimum atomic E-state index is -0.954. The zero-order chi connectivity index (χ0) is 10.1. The van der Waals surface area contributed by atoms with Gasteiger partial charge in [-0.1, -0.05) is 19.3 Å². The van der Waals surface area contributed by atoms with Crippen LogP contribution in [0.15, 0.2) is 0 Å². The van der Waals surface area contributed by atoms with E-state index < -0.39 is 6.10 Å². The van der Waals surface area contributed by atoms with E-state index in [1.807, 2.05) is 0 Å². The number of aliphatic hydroxyl groups excluding tert-OH is 4. The maximum absolute atomic E-state index is 8.91. The molecule has 0 aromatic carbocycles. The van der Waals surface area contributed by atoms with Crippen LogP contribution in [0.3, 0.4) is 0 Å². The van der Waals surface area contributed by atoms with Crippen LogP contribution in [0.25, 0.3) is 0 Å². The van der Waals surface area contributed by atoms with Crippen LogP contribution in [-0.4, -0.2) is 45.8 Å². The molecule has 0 bridgehead atoms. The number of rotatable bonds is 2. The first-order chi connectivity index (χ1) is 6.20. The maximum atomic E-state index is 8.91. The predicted octanol–water partition coefficient (Wildman–Crippen LogP) is -0.357. The second-order valence-corrected chi connectivity index (χ2v) is 3.31. The quantitative estimate of drug-likeness (QED) is 0.482. The summed E-state index contributed by atoms with van der Waals surface area (Å²) in [7, 11) is 0. The van der Waals surface area contributed by atoms with Crippen molar-refractivity contribution in [2.75, 3.05) is 13.2 Å². The van der Waals surface area contributed by atoms with Crippen LogP contribution in [0, 0.1) is 0 Å². The predicted molar refractivity (Wildman–Crippen MR) is 49.3 cm³/mol. The molecule has 0 heterocycles. The summed E-state index contributed by atoms with van der Waals surface area (Å²) < 4.78 is 0. The summed E-state index contributed by atoms with van der Waals surface area (Å²) >= 11 is 0. The molecule has 13 heavy (non-hydrogen) atoms. The average molecular weight is 192 g/mol. The van der Waals surface area contributed by atoms with Gasteiger partial charge in [-0.05, 0) is 12.8 Å². The molecule has 0 aromatic rings. The number of hydrogen-bond donors (Lipinski definition) is 4. The van der Waals surface area contributed by atoms with Crippen molar-refractivity contribution < 1.29 is 20.4 Å². The van der Waals surface area contributed by atoms with Gasteiger partial charge in [-0.3, -0.25) is 0 Å². The van der Waals surface area contributed by atoms with Gasteiger partial charge in [0.25, 0.3) is 0 Å². The molecule has 1 fully saturated rings. The molecule has 1 rings (SSSR count). The third-order valence-electron chi connectivity index (χ3n) is 2.00. The van der Waals surface area contributed by atoms with E-state index in [0.29, 0.717) is 0 Å². The van der Waals surface area contributed by atoms with Gasteiger partial charge in [0.2, 0.25) is 0 Å². The van der Waals surface area contributed by atoms with E-state index in [9.17, 15) is 0 Å². The van der Waals surface area contributed by atoms with Crippen molar-refractivity contribution in [1.29, 1.82) is 0 Å². The first kappa shape index (κ1) is 12.8. The smallest absolute Gasteiger partial charge is 0.100 e. The molecule has 4 nitrogen and oxygen atoms in total. The third-order valence-corrected chi connectivity index (χ3v) is 2.00. The van der Waals surface area contributed by atoms with Crippen molar-refractivity contribution in [2.45, 2.75) is 44.3 Å². The van der Waals surface area contributed by atoms with Gasteiger partial charge in [0.05, 0.1) is 19.3 Å². The zero-order valence-electron chi connectivity index (χ0n) is 7.89. The number of hydrogen-bond acceptors (Lipinski definition) is 4. The monoisotopic (exact) mass is 192 g/mol. The Morgan fingerprint density at radius 1 is 1.00 bits per heavy atom. The van der Waals surface area contributed by atoms with Crippen molar-refractivity contribution in [3.05, 3.63) is 0 Å². The summed E-state index contributed by atoms with van der Waals surface area (Å²) in [4.78, 5) is 0. The molecule has 80 valence electrons. The molecule has 1 aliphatic carbocycles. The highest BCUT2D eigenvalue weighted by Gasteiger charge is 2.07. The molecule has 0 unspecified atom stereocenters. The van der Waals surface area contributed by atoms with Gasteiger partial charge in [0.1, 0.15) is 6.10 Å². The van der Waals surface area contributed by atoms with Crippen LogP contribution in [0.4, 0.5) is 0 Å². The lowest BCUT2D eigenvalue weighted by Crippen LogP contribution is -2.15. The van der Waals surface area contributed by atoms with Crippen molar-refractivity contribution in [1.82, 2.24) is 0 Å². The van der Waals surface area contributed by atoms with Gasteiger partial charge in [0, 0.05) is 0 Å². The highest BCUT2D eigenvalue weighted by atomic mass is 16.3. The van der Waals surface area contributed by atoms with Crippen LogP contribution >= 0.6 is 0 Å². The molecule has 1 aliphatic rings. The van der Waals surface area contributed by atoms with Gasteiger partial charge in [-0.2, -0.15) is 0 Å². The zero-order valence-corrected chi connectivity index (χ0v) is 7.89. The van der Waals surface area contributed by atoms with E-state index in [0.717, 1.165) is 12.8 Å². The molecule has 4 heteroatoms. The summed E-state index contributed by atoms with van der Waals surface area (Å²) in [5.41, 5.74) is 0. The Bertz CT molecular complexity index is 97.8. The Morgan fingerprint density at radius 2 is 1.46 bits per heavy atom. The number of aliphatic hydroxyl groups is 4. The highest BCUT2D eigenvalue weighted by Crippen LogP contribution is 2.16. The summed E-state index contributed by atoms with van der Waals surface area (Å²) in [5, 5.41) is 32.9. The molecule has 0 radical (unpaired) electrons. The minimum Gasteiger partial charge on any atom is -0.394 e. The Hall–Kier alpha value is -0.160. The van der Waals surface area contributed by atoms with E-state index in [-0.39, 0.29) is 19.3 Å². The van der Waals surface area contributed by atoms with Gasteiger partial charge in [-0.25, -0.2) is 0 Å². The largest absolute Gasteiger partial charge is 0.394 e. The lowest BCUT2D eigenvalue weighted by molar-refractivity contribution is 0.0450. The van der Waals surface area contributed by atoms with Crippen molar-refractivity contribution in [3.63, 3.8) is 0 Å². The van der Waals surface area contributed by atoms with Crippen LogP contribution in [0.1, 0.15) is 32.1 Å². The van der Waals surface area contributed by atoms with Crippen LogP contribution in [0.5, 0.6) is 0 Å². The van der Waals surface area contributed by atoms with Gasteiger partial charge >= 0.3 is 0 Å². The van der Waals surface area contributed by atoms with Crippen molar-refractivity contribution in [3.8, 4) is 0 Å². The molecule has 0 spiro atoms. The molecule has 0 aliphatic heterocycles. The average Bonchev–Trinajstić information content (AvgIpc) is 2.19. The molecule has 0 amide bonds. The Morgan fingerprint density at radius 3 is 1.62 bits per heavy atom. The Balaban J connectivity index is 0.000000226. The lowest BCUT2D eigenvalue weighted by Gasteiger charge is -2.14. The normalized spacial score (nSPS) is 18.2. The van der Waals surface area contributed by atoms with Gasteiger partial charge in [0.15, 0.2) is 0 Å². The molecular formula is C9H20O4. The first-order valence-corrected chi connectivity index (χ1v) is 4.78. The highest BCUT2D eigenvalue weighted by molar-refractivity contribution is 4.61. The SMILES string of the molecule is OC1CCCCC1.OCC(O)CO. The Labute approximate surface area is 78.8 Å². The molecule has 0 aromatic heterocycles. The van der Waals surface area contributed by atoms with Crippen LogP contribution < -0.4 is 0 Å². The second kappa shape index (κ2) is 8.44.